The van der Waals surface area contributed by atoms with Gasteiger partial charge in [0, 0.05) is 0 Å². The van der Waals surface area contributed by atoms with Crippen LogP contribution in [0.2, 0.25) is 8.67 Å². The molecule has 114 valence electrons. The third kappa shape index (κ3) is 3.59. The van der Waals surface area contributed by atoms with Crippen molar-refractivity contribution in [1.29, 1.82) is 0 Å². The summed E-state index contributed by atoms with van der Waals surface area (Å²) in [5.41, 5.74) is -0.508. The molecule has 1 heterocycles. The third-order valence-corrected chi connectivity index (χ3v) is 6.35. The van der Waals surface area contributed by atoms with Crippen molar-refractivity contribution in [1.82, 2.24) is 4.72 Å². The average Bonchev–Trinajstić information content (AvgIpc) is 2.79. The van der Waals surface area contributed by atoms with Crippen LogP contribution in [-0.2, 0) is 15.6 Å². The fourth-order valence-electron chi connectivity index (χ4n) is 1.85. The lowest BCUT2D eigenvalue weighted by Gasteiger charge is -2.28. The molecule has 1 aromatic heterocycles. The number of hydrogen-bond acceptors (Lipinski definition) is 4. The van der Waals surface area contributed by atoms with E-state index in [1.165, 1.54) is 6.07 Å². The van der Waals surface area contributed by atoms with Crippen molar-refractivity contribution in [3.8, 4) is 0 Å². The van der Waals surface area contributed by atoms with Crippen LogP contribution < -0.4 is 4.72 Å². The molecule has 1 unspecified atom stereocenters. The van der Waals surface area contributed by atoms with Gasteiger partial charge in [0.2, 0.25) is 10.0 Å². The Balaban J connectivity index is 2.40. The molecule has 1 aromatic carbocycles. The maximum Gasteiger partial charge on any atom is 0.243 e. The summed E-state index contributed by atoms with van der Waals surface area (Å²) in [6, 6.07) is 10.1. The van der Waals surface area contributed by atoms with Gasteiger partial charge in [-0.25, -0.2) is 8.42 Å². The van der Waals surface area contributed by atoms with Crippen molar-refractivity contribution >= 4 is 44.6 Å². The molecular formula is C13H13Cl2NO3S2. The molecule has 0 aliphatic heterocycles. The predicted molar refractivity (Wildman–Crippen MR) is 85.5 cm³/mol. The largest absolute Gasteiger partial charge is 0.394 e. The first kappa shape index (κ1) is 16.7. The van der Waals surface area contributed by atoms with E-state index in [9.17, 15) is 13.5 Å². The monoisotopic (exact) mass is 365 g/mol. The molecule has 21 heavy (non-hydrogen) atoms. The highest BCUT2D eigenvalue weighted by atomic mass is 35.5. The molecule has 4 nitrogen and oxygen atoms in total. The van der Waals surface area contributed by atoms with Crippen molar-refractivity contribution in [2.75, 3.05) is 6.61 Å². The lowest BCUT2D eigenvalue weighted by atomic mass is 9.94. The molecule has 0 aliphatic rings. The van der Waals surface area contributed by atoms with E-state index in [1.807, 2.05) is 6.07 Å². The molecule has 0 bridgehead atoms. The van der Waals surface area contributed by atoms with Crippen LogP contribution in [0.5, 0.6) is 0 Å². The molecule has 0 amide bonds. The van der Waals surface area contributed by atoms with Gasteiger partial charge in [0.25, 0.3) is 0 Å². The zero-order valence-corrected chi connectivity index (χ0v) is 14.2. The van der Waals surface area contributed by atoms with Crippen molar-refractivity contribution in [2.45, 2.75) is 17.4 Å². The smallest absolute Gasteiger partial charge is 0.243 e. The average molecular weight is 366 g/mol. The lowest BCUT2D eigenvalue weighted by molar-refractivity contribution is 0.196. The molecule has 0 spiro atoms. The van der Waals surface area contributed by atoms with Gasteiger partial charge in [0.05, 0.1) is 16.5 Å². The molecule has 0 radical (unpaired) electrons. The molecule has 2 aromatic rings. The normalized spacial score (nSPS) is 14.9. The Morgan fingerprint density at radius 3 is 2.38 bits per heavy atom. The van der Waals surface area contributed by atoms with Crippen molar-refractivity contribution in [2.24, 2.45) is 0 Å². The minimum Gasteiger partial charge on any atom is -0.394 e. The maximum absolute atomic E-state index is 12.5. The number of aliphatic hydroxyl groups is 1. The van der Waals surface area contributed by atoms with E-state index in [0.717, 1.165) is 11.3 Å². The summed E-state index contributed by atoms with van der Waals surface area (Å²) in [4.78, 5) is -0.0882. The molecule has 2 rings (SSSR count). The third-order valence-electron chi connectivity index (χ3n) is 3.00. The number of thiophene rings is 1. The quantitative estimate of drug-likeness (QED) is 0.854. The zero-order valence-electron chi connectivity index (χ0n) is 11.0. The molecule has 0 fully saturated rings. The minimum atomic E-state index is -3.90. The van der Waals surface area contributed by atoms with E-state index in [2.05, 4.69) is 4.72 Å². The summed E-state index contributed by atoms with van der Waals surface area (Å²) in [7, 11) is -3.90. The Kier molecular flexibility index (Phi) is 4.97. The van der Waals surface area contributed by atoms with Gasteiger partial charge in [-0.05, 0) is 18.6 Å². The summed E-state index contributed by atoms with van der Waals surface area (Å²) < 4.78 is 27.8. The SMILES string of the molecule is CC(CO)(NS(=O)(=O)c1cc(Cl)sc1Cl)c1ccccc1. The molecule has 2 N–H and O–H groups in total. The van der Waals surface area contributed by atoms with Crippen molar-refractivity contribution < 1.29 is 13.5 Å². The molecule has 1 atom stereocenters. The van der Waals surface area contributed by atoms with Gasteiger partial charge in [-0.3, -0.25) is 0 Å². The highest BCUT2D eigenvalue weighted by Crippen LogP contribution is 2.35. The highest BCUT2D eigenvalue weighted by Gasteiger charge is 2.33. The van der Waals surface area contributed by atoms with Gasteiger partial charge in [0.1, 0.15) is 9.23 Å². The van der Waals surface area contributed by atoms with Crippen molar-refractivity contribution in [3.05, 3.63) is 50.6 Å². The van der Waals surface area contributed by atoms with Crippen LogP contribution in [0.25, 0.3) is 0 Å². The second-order valence-electron chi connectivity index (χ2n) is 4.65. The number of benzene rings is 1. The Hall–Kier alpha value is -0.630. The van der Waals surface area contributed by atoms with Crippen LogP contribution in [0.15, 0.2) is 41.3 Å². The Labute approximate surface area is 137 Å². The fourth-order valence-corrected chi connectivity index (χ4v) is 5.39. The van der Waals surface area contributed by atoms with Crippen LogP contribution in [0, 0.1) is 0 Å². The lowest BCUT2D eigenvalue weighted by Crippen LogP contribution is -2.46. The standard InChI is InChI=1S/C13H13Cl2NO3S2/c1-13(8-17,9-5-3-2-4-6-9)16-21(18,19)10-7-11(14)20-12(10)15/h2-7,16-17H,8H2,1H3. The number of aliphatic hydroxyl groups excluding tert-OH is 1. The van der Waals surface area contributed by atoms with Gasteiger partial charge in [0.15, 0.2) is 0 Å². The number of nitrogens with one attached hydrogen (secondary N) is 1. The number of hydrogen-bond donors (Lipinski definition) is 2. The first-order valence-corrected chi connectivity index (χ1v) is 8.99. The molecule has 0 saturated heterocycles. The number of rotatable bonds is 5. The first-order chi connectivity index (χ1) is 9.78. The van der Waals surface area contributed by atoms with Crippen LogP contribution in [0.3, 0.4) is 0 Å². The highest BCUT2D eigenvalue weighted by molar-refractivity contribution is 7.89. The van der Waals surface area contributed by atoms with E-state index in [-0.39, 0.29) is 13.6 Å². The Bertz CT molecular complexity index is 731. The predicted octanol–water partition coefficient (Wildman–Crippen LogP) is 3.24. The molecule has 8 heteroatoms. The van der Waals surface area contributed by atoms with Crippen LogP contribution >= 0.6 is 34.5 Å². The van der Waals surface area contributed by atoms with Gasteiger partial charge in [-0.2, -0.15) is 4.72 Å². The Morgan fingerprint density at radius 1 is 1.29 bits per heavy atom. The summed E-state index contributed by atoms with van der Waals surface area (Å²) in [5.74, 6) is 0. The number of halogens is 2. The number of sulfonamides is 1. The van der Waals surface area contributed by atoms with Crippen molar-refractivity contribution in [3.63, 3.8) is 0 Å². The topological polar surface area (TPSA) is 66.4 Å². The van der Waals surface area contributed by atoms with E-state index < -0.39 is 22.2 Å². The summed E-state index contributed by atoms with van der Waals surface area (Å²) in [6.07, 6.45) is 0. The van der Waals surface area contributed by atoms with Crippen LogP contribution in [0.1, 0.15) is 12.5 Å². The fraction of sp³-hybridized carbons (Fsp3) is 0.231. The Morgan fingerprint density at radius 2 is 1.90 bits per heavy atom. The minimum absolute atomic E-state index is 0.0841. The van der Waals surface area contributed by atoms with Crippen LogP contribution in [0.4, 0.5) is 0 Å². The molecule has 0 aliphatic carbocycles. The summed E-state index contributed by atoms with van der Waals surface area (Å²) in [5, 5.41) is 9.64. The van der Waals surface area contributed by atoms with E-state index in [4.69, 9.17) is 23.2 Å². The van der Waals surface area contributed by atoms with Gasteiger partial charge >= 0.3 is 0 Å². The van der Waals surface area contributed by atoms with Gasteiger partial charge in [-0.15, -0.1) is 11.3 Å². The molecular weight excluding hydrogens is 353 g/mol. The first-order valence-electron chi connectivity index (χ1n) is 5.94. The second kappa shape index (κ2) is 6.24. The second-order valence-corrected chi connectivity index (χ2v) is 8.59. The van der Waals surface area contributed by atoms with E-state index >= 15 is 0 Å². The molecule has 0 saturated carbocycles. The maximum atomic E-state index is 12.5. The van der Waals surface area contributed by atoms with Gasteiger partial charge in [-0.1, -0.05) is 53.5 Å². The van der Waals surface area contributed by atoms with E-state index in [1.54, 1.807) is 31.2 Å². The summed E-state index contributed by atoms with van der Waals surface area (Å²) >= 11 is 12.7. The van der Waals surface area contributed by atoms with Gasteiger partial charge < -0.3 is 5.11 Å². The zero-order chi connectivity index (χ0) is 15.7. The summed E-state index contributed by atoms with van der Waals surface area (Å²) in [6.45, 7) is 1.20. The van der Waals surface area contributed by atoms with E-state index in [0.29, 0.717) is 5.56 Å². The van der Waals surface area contributed by atoms with Crippen LogP contribution in [-0.4, -0.2) is 20.1 Å².